The van der Waals surface area contributed by atoms with E-state index in [1.807, 2.05) is 31.2 Å². The summed E-state index contributed by atoms with van der Waals surface area (Å²) in [6.07, 6.45) is 1.10. The Labute approximate surface area is 191 Å². The lowest BCUT2D eigenvalue weighted by atomic mass is 10.2. The third-order valence-corrected chi connectivity index (χ3v) is 7.60. The zero-order valence-corrected chi connectivity index (χ0v) is 19.6. The molecule has 0 radical (unpaired) electrons. The number of H-pyrrole nitrogens is 1. The fourth-order valence-corrected chi connectivity index (χ4v) is 4.31. The van der Waals surface area contributed by atoms with Gasteiger partial charge in [-0.15, -0.1) is 0 Å². The number of aromatic nitrogens is 4. The average Bonchev–Trinajstić information content (AvgIpc) is 3.14. The molecule has 4 rings (SSSR count). The summed E-state index contributed by atoms with van der Waals surface area (Å²) in [5, 5.41) is 10.7. The number of halogens is 1. The maximum absolute atomic E-state index is 14.5. The second-order valence-corrected chi connectivity index (χ2v) is 10.7. The van der Waals surface area contributed by atoms with Gasteiger partial charge in [0.15, 0.2) is 21.5 Å². The van der Waals surface area contributed by atoms with Crippen LogP contribution in [-0.4, -0.2) is 40.9 Å². The molecule has 0 saturated heterocycles. The van der Waals surface area contributed by atoms with Gasteiger partial charge in [-0.2, -0.15) is 10.1 Å². The van der Waals surface area contributed by atoms with Crippen molar-refractivity contribution in [1.29, 1.82) is 0 Å². The van der Waals surface area contributed by atoms with Gasteiger partial charge in [-0.3, -0.25) is 5.10 Å². The molecule has 10 heteroatoms. The van der Waals surface area contributed by atoms with Crippen molar-refractivity contribution in [3.63, 3.8) is 0 Å². The molecule has 0 aliphatic rings. The van der Waals surface area contributed by atoms with Gasteiger partial charge >= 0.3 is 0 Å². The second kappa shape index (κ2) is 8.78. The predicted molar refractivity (Wildman–Crippen MR) is 128 cm³/mol. The van der Waals surface area contributed by atoms with Gasteiger partial charge in [0.2, 0.25) is 5.95 Å². The molecule has 2 N–H and O–H groups in total. The van der Waals surface area contributed by atoms with E-state index < -0.39 is 20.9 Å². The Morgan fingerprint density at radius 1 is 1.18 bits per heavy atom. The van der Waals surface area contributed by atoms with Crippen molar-refractivity contribution in [2.24, 2.45) is 0 Å². The SMILES string of the molecule is Cc1[nH]nc2cc(Nc3nc(N(C)c4cccc(CS(=O)(=O)C(C)C)c4)ncc3F)ccc12. The van der Waals surface area contributed by atoms with E-state index in [1.54, 1.807) is 44.0 Å². The number of aryl methyl sites for hydroxylation is 1. The molecular formula is C23H25FN6O2S. The molecule has 2 heterocycles. The number of nitrogens with zero attached hydrogens (tertiary/aromatic N) is 4. The van der Waals surface area contributed by atoms with Crippen LogP contribution in [0.15, 0.2) is 48.7 Å². The largest absolute Gasteiger partial charge is 0.338 e. The number of rotatable bonds is 7. The normalized spacial score (nSPS) is 11.8. The highest BCUT2D eigenvalue weighted by Crippen LogP contribution is 2.27. The Bertz CT molecular complexity index is 1420. The summed E-state index contributed by atoms with van der Waals surface area (Å²) in [5.74, 6) is -0.364. The maximum Gasteiger partial charge on any atom is 0.231 e. The minimum Gasteiger partial charge on any atom is -0.338 e. The van der Waals surface area contributed by atoms with Gasteiger partial charge in [-0.25, -0.2) is 17.8 Å². The molecule has 0 unspecified atom stereocenters. The summed E-state index contributed by atoms with van der Waals surface area (Å²) in [6, 6.07) is 12.7. The van der Waals surface area contributed by atoms with Crippen LogP contribution in [-0.2, 0) is 15.6 Å². The zero-order valence-electron chi connectivity index (χ0n) is 18.8. The molecule has 0 aliphatic heterocycles. The summed E-state index contributed by atoms with van der Waals surface area (Å²) in [6.45, 7) is 5.26. The van der Waals surface area contributed by atoms with Crippen molar-refractivity contribution in [3.8, 4) is 0 Å². The summed E-state index contributed by atoms with van der Waals surface area (Å²) in [7, 11) is -1.49. The van der Waals surface area contributed by atoms with Crippen molar-refractivity contribution >= 4 is 43.9 Å². The lowest BCUT2D eigenvalue weighted by Crippen LogP contribution is -2.17. The van der Waals surface area contributed by atoms with Crippen LogP contribution in [0.25, 0.3) is 10.9 Å². The topological polar surface area (TPSA) is 104 Å². The molecule has 4 aromatic rings. The first-order valence-electron chi connectivity index (χ1n) is 10.4. The Morgan fingerprint density at radius 2 is 1.97 bits per heavy atom. The number of hydrogen-bond donors (Lipinski definition) is 2. The number of hydrogen-bond acceptors (Lipinski definition) is 7. The molecule has 0 atom stereocenters. The summed E-state index contributed by atoms with van der Waals surface area (Å²) in [4.78, 5) is 10.1. The van der Waals surface area contributed by atoms with Crippen molar-refractivity contribution in [2.75, 3.05) is 17.3 Å². The molecular weight excluding hydrogens is 443 g/mol. The highest BCUT2D eigenvalue weighted by atomic mass is 32.2. The van der Waals surface area contributed by atoms with Crippen LogP contribution < -0.4 is 10.2 Å². The van der Waals surface area contributed by atoms with Crippen LogP contribution in [0.2, 0.25) is 0 Å². The van der Waals surface area contributed by atoms with Gasteiger partial charge in [0, 0.05) is 29.5 Å². The van der Waals surface area contributed by atoms with Crippen LogP contribution in [0.5, 0.6) is 0 Å². The first kappa shape index (κ1) is 22.7. The number of nitrogens with one attached hydrogen (secondary N) is 2. The smallest absolute Gasteiger partial charge is 0.231 e. The van der Waals surface area contributed by atoms with Crippen LogP contribution >= 0.6 is 0 Å². The Kier molecular flexibility index (Phi) is 6.03. The maximum atomic E-state index is 14.5. The van der Waals surface area contributed by atoms with Crippen LogP contribution in [0.1, 0.15) is 25.1 Å². The van der Waals surface area contributed by atoms with Gasteiger partial charge in [-0.05, 0) is 56.7 Å². The van der Waals surface area contributed by atoms with E-state index in [0.29, 0.717) is 16.9 Å². The lowest BCUT2D eigenvalue weighted by Gasteiger charge is -2.19. The summed E-state index contributed by atoms with van der Waals surface area (Å²) in [5.41, 5.74) is 3.71. The fraction of sp³-hybridized carbons (Fsp3) is 0.261. The predicted octanol–water partition coefficient (Wildman–Crippen LogP) is 4.64. The number of anilines is 4. The Balaban J connectivity index is 1.59. The van der Waals surface area contributed by atoms with Crippen LogP contribution in [0.3, 0.4) is 0 Å². The van der Waals surface area contributed by atoms with Gasteiger partial charge in [0.1, 0.15) is 0 Å². The number of fused-ring (bicyclic) bond motifs is 1. The minimum absolute atomic E-state index is 0.0250. The molecule has 0 amide bonds. The molecule has 2 aromatic carbocycles. The van der Waals surface area contributed by atoms with Gasteiger partial charge in [0.25, 0.3) is 0 Å². The van der Waals surface area contributed by atoms with Crippen LogP contribution in [0.4, 0.5) is 27.5 Å². The molecule has 0 saturated carbocycles. The van der Waals surface area contributed by atoms with Gasteiger partial charge in [-0.1, -0.05) is 12.1 Å². The van der Waals surface area contributed by atoms with Crippen molar-refractivity contribution in [2.45, 2.75) is 31.8 Å². The highest BCUT2D eigenvalue weighted by Gasteiger charge is 2.18. The molecule has 0 fully saturated rings. The standard InChI is InChI=1S/C23H25FN6O2S/c1-14(2)33(31,32)13-16-6-5-7-18(10-16)30(4)23-25-12-20(24)22(27-23)26-17-8-9-19-15(3)28-29-21(19)11-17/h5-12,14H,13H2,1-4H3,(H,28,29)(H,25,26,27). The summed E-state index contributed by atoms with van der Waals surface area (Å²) >= 11 is 0. The number of benzene rings is 2. The van der Waals surface area contributed by atoms with E-state index in [2.05, 4.69) is 25.5 Å². The highest BCUT2D eigenvalue weighted by molar-refractivity contribution is 7.91. The van der Waals surface area contributed by atoms with E-state index in [4.69, 9.17) is 0 Å². The summed E-state index contributed by atoms with van der Waals surface area (Å²) < 4.78 is 39.1. The van der Waals surface area contributed by atoms with Gasteiger partial charge in [0.05, 0.1) is 22.7 Å². The van der Waals surface area contributed by atoms with E-state index in [9.17, 15) is 12.8 Å². The first-order chi connectivity index (χ1) is 15.6. The minimum atomic E-state index is -3.24. The third-order valence-electron chi connectivity index (χ3n) is 5.42. The van der Waals surface area contributed by atoms with Crippen LogP contribution in [0, 0.1) is 12.7 Å². The molecule has 2 aromatic heterocycles. The Morgan fingerprint density at radius 3 is 2.73 bits per heavy atom. The van der Waals surface area contributed by atoms with Crippen molar-refractivity contribution in [3.05, 3.63) is 65.7 Å². The van der Waals surface area contributed by atoms with E-state index in [0.717, 1.165) is 22.8 Å². The molecule has 0 spiro atoms. The second-order valence-electron chi connectivity index (χ2n) is 8.16. The van der Waals surface area contributed by atoms with Crippen molar-refractivity contribution in [1.82, 2.24) is 20.2 Å². The van der Waals surface area contributed by atoms with Gasteiger partial charge < -0.3 is 10.2 Å². The van der Waals surface area contributed by atoms with E-state index in [1.165, 1.54) is 0 Å². The molecule has 33 heavy (non-hydrogen) atoms. The molecule has 172 valence electrons. The average molecular weight is 469 g/mol. The quantitative estimate of drug-likeness (QED) is 0.407. The van der Waals surface area contributed by atoms with E-state index in [-0.39, 0.29) is 17.5 Å². The van der Waals surface area contributed by atoms with Crippen molar-refractivity contribution < 1.29 is 12.8 Å². The zero-order chi connectivity index (χ0) is 23.8. The number of sulfone groups is 1. The number of aromatic amines is 1. The fourth-order valence-electron chi connectivity index (χ4n) is 3.34. The molecule has 8 nitrogen and oxygen atoms in total. The molecule has 0 bridgehead atoms. The lowest BCUT2D eigenvalue weighted by molar-refractivity contribution is 0.586. The molecule has 0 aliphatic carbocycles. The van der Waals surface area contributed by atoms with E-state index >= 15 is 0 Å². The first-order valence-corrected chi connectivity index (χ1v) is 12.1. The Hall–Kier alpha value is -3.53. The third kappa shape index (κ3) is 4.80. The monoisotopic (exact) mass is 468 g/mol.